The Morgan fingerprint density at radius 2 is 1.92 bits per heavy atom. The van der Waals surface area contributed by atoms with Crippen molar-refractivity contribution in [3.8, 4) is 0 Å². The summed E-state index contributed by atoms with van der Waals surface area (Å²) in [5.74, 6) is -0.878. The van der Waals surface area contributed by atoms with Crippen LogP contribution >= 0.6 is 0 Å². The van der Waals surface area contributed by atoms with Crippen LogP contribution < -0.4 is 5.32 Å². The molecule has 1 aromatic carbocycles. The van der Waals surface area contributed by atoms with E-state index in [9.17, 15) is 18.0 Å². The van der Waals surface area contributed by atoms with E-state index in [0.29, 0.717) is 43.7 Å². The maximum absolute atomic E-state index is 12.5. The number of carbonyl (C=O) groups is 2. The lowest BCUT2D eigenvalue weighted by Crippen LogP contribution is -2.44. The molecule has 1 atom stereocenters. The van der Waals surface area contributed by atoms with Gasteiger partial charge in [-0.2, -0.15) is 0 Å². The van der Waals surface area contributed by atoms with E-state index >= 15 is 0 Å². The SMILES string of the molecule is CCCS(=O)(=O)N1CCC[C@H](C(=O)Nc2ccc(C(=O)OCC)cc2)C1. The third-order valence-corrected chi connectivity index (χ3v) is 6.32. The first-order valence-corrected chi connectivity index (χ1v) is 10.5. The van der Waals surface area contributed by atoms with Gasteiger partial charge in [-0.15, -0.1) is 0 Å². The molecule has 7 nitrogen and oxygen atoms in total. The Morgan fingerprint density at radius 3 is 2.54 bits per heavy atom. The van der Waals surface area contributed by atoms with E-state index in [-0.39, 0.29) is 24.1 Å². The van der Waals surface area contributed by atoms with Crippen LogP contribution in [0.5, 0.6) is 0 Å². The van der Waals surface area contributed by atoms with Crippen molar-refractivity contribution in [3.63, 3.8) is 0 Å². The van der Waals surface area contributed by atoms with Crippen molar-refractivity contribution in [1.29, 1.82) is 0 Å². The topological polar surface area (TPSA) is 92.8 Å². The van der Waals surface area contributed by atoms with E-state index in [2.05, 4.69) is 5.32 Å². The van der Waals surface area contributed by atoms with Gasteiger partial charge in [0.2, 0.25) is 15.9 Å². The molecular formula is C18H26N2O5S. The van der Waals surface area contributed by atoms with Crippen molar-refractivity contribution in [2.24, 2.45) is 5.92 Å². The van der Waals surface area contributed by atoms with Gasteiger partial charge in [0.25, 0.3) is 0 Å². The van der Waals surface area contributed by atoms with Gasteiger partial charge in [-0.05, 0) is 50.5 Å². The number of hydrogen-bond acceptors (Lipinski definition) is 5. The molecule has 0 aliphatic carbocycles. The highest BCUT2D eigenvalue weighted by atomic mass is 32.2. The van der Waals surface area contributed by atoms with Gasteiger partial charge in [-0.1, -0.05) is 6.92 Å². The predicted molar refractivity (Wildman–Crippen MR) is 99.4 cm³/mol. The molecule has 2 rings (SSSR count). The zero-order valence-electron chi connectivity index (χ0n) is 15.2. The molecule has 0 saturated carbocycles. The van der Waals surface area contributed by atoms with Crippen LogP contribution in [0.15, 0.2) is 24.3 Å². The summed E-state index contributed by atoms with van der Waals surface area (Å²) in [5.41, 5.74) is 0.982. The van der Waals surface area contributed by atoms with Crippen molar-refractivity contribution in [2.75, 3.05) is 30.8 Å². The molecule has 26 heavy (non-hydrogen) atoms. The highest BCUT2D eigenvalue weighted by molar-refractivity contribution is 7.89. The van der Waals surface area contributed by atoms with Crippen molar-refractivity contribution in [2.45, 2.75) is 33.1 Å². The van der Waals surface area contributed by atoms with Crippen molar-refractivity contribution in [1.82, 2.24) is 4.31 Å². The molecule has 0 spiro atoms. The number of piperidine rings is 1. The standard InChI is InChI=1S/C18H26N2O5S/c1-3-12-26(23,24)20-11-5-6-15(13-20)17(21)19-16-9-7-14(8-10-16)18(22)25-4-2/h7-10,15H,3-6,11-13H2,1-2H3,(H,19,21)/t15-/m0/s1. The lowest BCUT2D eigenvalue weighted by atomic mass is 9.98. The van der Waals surface area contributed by atoms with Gasteiger partial charge in [0.05, 0.1) is 23.8 Å². The largest absolute Gasteiger partial charge is 0.462 e. The number of hydrogen-bond donors (Lipinski definition) is 1. The Labute approximate surface area is 154 Å². The number of ether oxygens (including phenoxy) is 1. The van der Waals surface area contributed by atoms with Crippen LogP contribution in [0.2, 0.25) is 0 Å². The number of nitrogens with zero attached hydrogens (tertiary/aromatic N) is 1. The molecule has 0 unspecified atom stereocenters. The smallest absolute Gasteiger partial charge is 0.338 e. The van der Waals surface area contributed by atoms with Gasteiger partial charge in [0.15, 0.2) is 0 Å². The second-order valence-electron chi connectivity index (χ2n) is 6.30. The van der Waals surface area contributed by atoms with Crippen LogP contribution in [-0.2, 0) is 19.6 Å². The number of benzene rings is 1. The quantitative estimate of drug-likeness (QED) is 0.730. The van der Waals surface area contributed by atoms with Crippen molar-refractivity contribution in [3.05, 3.63) is 29.8 Å². The van der Waals surface area contributed by atoms with Crippen LogP contribution in [0.4, 0.5) is 5.69 Å². The highest BCUT2D eigenvalue weighted by Crippen LogP contribution is 2.22. The molecule has 0 radical (unpaired) electrons. The van der Waals surface area contributed by atoms with Crippen LogP contribution in [0, 0.1) is 5.92 Å². The van der Waals surface area contributed by atoms with E-state index in [1.54, 1.807) is 31.2 Å². The molecule has 0 bridgehead atoms. The van der Waals surface area contributed by atoms with Gasteiger partial charge < -0.3 is 10.1 Å². The zero-order valence-corrected chi connectivity index (χ0v) is 16.0. The minimum Gasteiger partial charge on any atom is -0.462 e. The zero-order chi connectivity index (χ0) is 19.2. The van der Waals surface area contributed by atoms with E-state index < -0.39 is 16.0 Å². The Balaban J connectivity index is 1.97. The van der Waals surface area contributed by atoms with Crippen LogP contribution in [0.1, 0.15) is 43.5 Å². The van der Waals surface area contributed by atoms with E-state index in [1.165, 1.54) is 4.31 Å². The maximum atomic E-state index is 12.5. The number of rotatable bonds is 7. The second kappa shape index (κ2) is 9.14. The normalized spacial score (nSPS) is 18.3. The first-order valence-electron chi connectivity index (χ1n) is 8.93. The predicted octanol–water partition coefficient (Wildman–Crippen LogP) is 2.25. The molecule has 1 aliphatic rings. The van der Waals surface area contributed by atoms with Gasteiger partial charge >= 0.3 is 5.97 Å². The van der Waals surface area contributed by atoms with Gasteiger partial charge in [-0.25, -0.2) is 17.5 Å². The summed E-state index contributed by atoms with van der Waals surface area (Å²) < 4.78 is 30.8. The third kappa shape index (κ3) is 5.28. The molecule has 144 valence electrons. The summed E-state index contributed by atoms with van der Waals surface area (Å²) in [5, 5.41) is 2.80. The number of amides is 1. The minimum atomic E-state index is -3.29. The molecule has 1 aromatic rings. The number of anilines is 1. The van der Waals surface area contributed by atoms with Crippen LogP contribution in [0.25, 0.3) is 0 Å². The molecule has 8 heteroatoms. The number of nitrogens with one attached hydrogen (secondary N) is 1. The van der Waals surface area contributed by atoms with E-state index in [4.69, 9.17) is 4.74 Å². The lowest BCUT2D eigenvalue weighted by Gasteiger charge is -2.31. The van der Waals surface area contributed by atoms with Gasteiger partial charge in [-0.3, -0.25) is 4.79 Å². The Kier molecular flexibility index (Phi) is 7.16. The van der Waals surface area contributed by atoms with Crippen molar-refractivity contribution >= 4 is 27.6 Å². The molecule has 1 aliphatic heterocycles. The minimum absolute atomic E-state index is 0.108. The van der Waals surface area contributed by atoms with E-state index in [0.717, 1.165) is 0 Å². The fourth-order valence-corrected chi connectivity index (χ4v) is 4.53. The summed E-state index contributed by atoms with van der Waals surface area (Å²) in [6, 6.07) is 6.45. The summed E-state index contributed by atoms with van der Waals surface area (Å²) >= 11 is 0. The number of esters is 1. The molecule has 1 N–H and O–H groups in total. The number of sulfonamides is 1. The first-order chi connectivity index (χ1) is 12.4. The van der Waals surface area contributed by atoms with Gasteiger partial charge in [0, 0.05) is 18.8 Å². The molecule has 1 saturated heterocycles. The van der Waals surface area contributed by atoms with Crippen molar-refractivity contribution < 1.29 is 22.7 Å². The fourth-order valence-electron chi connectivity index (χ4n) is 2.94. The Morgan fingerprint density at radius 1 is 1.23 bits per heavy atom. The maximum Gasteiger partial charge on any atom is 0.338 e. The van der Waals surface area contributed by atoms with E-state index in [1.807, 2.05) is 6.92 Å². The summed E-state index contributed by atoms with van der Waals surface area (Å²) in [4.78, 5) is 24.1. The molecule has 0 aromatic heterocycles. The Bertz CT molecular complexity index is 730. The highest BCUT2D eigenvalue weighted by Gasteiger charge is 2.31. The fraction of sp³-hybridized carbons (Fsp3) is 0.556. The molecule has 1 fully saturated rings. The average molecular weight is 382 g/mol. The first kappa shape index (κ1) is 20.4. The third-order valence-electron chi connectivity index (χ3n) is 4.27. The number of carbonyl (C=O) groups excluding carboxylic acids is 2. The molecular weight excluding hydrogens is 356 g/mol. The molecule has 1 amide bonds. The average Bonchev–Trinajstić information content (AvgIpc) is 2.62. The molecule has 1 heterocycles. The summed E-state index contributed by atoms with van der Waals surface area (Å²) in [7, 11) is -3.29. The lowest BCUT2D eigenvalue weighted by molar-refractivity contribution is -0.120. The summed E-state index contributed by atoms with van der Waals surface area (Å²) in [6.45, 7) is 4.55. The second-order valence-corrected chi connectivity index (χ2v) is 8.39. The summed E-state index contributed by atoms with van der Waals surface area (Å²) in [6.07, 6.45) is 1.89. The van der Waals surface area contributed by atoms with Crippen LogP contribution in [-0.4, -0.2) is 50.0 Å². The monoisotopic (exact) mass is 382 g/mol. The Hall–Kier alpha value is -1.93. The van der Waals surface area contributed by atoms with Gasteiger partial charge in [0.1, 0.15) is 0 Å². The van der Waals surface area contributed by atoms with Crippen LogP contribution in [0.3, 0.4) is 0 Å².